The van der Waals surface area contributed by atoms with Gasteiger partial charge in [0.15, 0.2) is 5.88 Å². The minimum atomic E-state index is -3.25. The molecule has 0 radical (unpaired) electrons. The van der Waals surface area contributed by atoms with Gasteiger partial charge >= 0.3 is 0 Å². The van der Waals surface area contributed by atoms with E-state index in [1.165, 1.54) is 7.11 Å². The summed E-state index contributed by atoms with van der Waals surface area (Å²) >= 11 is 0. The van der Waals surface area contributed by atoms with Gasteiger partial charge in [-0.2, -0.15) is 0 Å². The van der Waals surface area contributed by atoms with Crippen molar-refractivity contribution in [3.63, 3.8) is 0 Å². The predicted octanol–water partition coefficient (Wildman–Crippen LogP) is 3.20. The lowest BCUT2D eigenvalue weighted by Gasteiger charge is -2.24. The van der Waals surface area contributed by atoms with Crippen LogP contribution < -0.4 is 19.8 Å². The van der Waals surface area contributed by atoms with Crippen molar-refractivity contribution in [3.8, 4) is 34.6 Å². The number of H-pyrrole nitrogens is 1. The fourth-order valence-electron chi connectivity index (χ4n) is 3.58. The summed E-state index contributed by atoms with van der Waals surface area (Å²) in [5.41, 5.74) is 2.80. The maximum Gasteiger partial charge on any atom is 0.258 e. The van der Waals surface area contributed by atoms with E-state index in [0.29, 0.717) is 40.3 Å². The van der Waals surface area contributed by atoms with Crippen LogP contribution in [0.5, 0.6) is 11.6 Å². The van der Waals surface area contributed by atoms with E-state index in [4.69, 9.17) is 9.47 Å². The summed E-state index contributed by atoms with van der Waals surface area (Å²) in [5, 5.41) is 0.737. The van der Waals surface area contributed by atoms with Gasteiger partial charge < -0.3 is 9.47 Å². The van der Waals surface area contributed by atoms with E-state index in [-0.39, 0.29) is 17.5 Å². The molecule has 0 amide bonds. The minimum Gasteiger partial charge on any atom is -0.496 e. The highest BCUT2D eigenvalue weighted by Gasteiger charge is 2.24. The summed E-state index contributed by atoms with van der Waals surface area (Å²) < 4.78 is 35.7. The van der Waals surface area contributed by atoms with Crippen LogP contribution in [0, 0.1) is 11.8 Å². The molecule has 1 aromatic carbocycles. The lowest BCUT2D eigenvalue weighted by atomic mass is 9.83. The first-order chi connectivity index (χ1) is 15.9. The van der Waals surface area contributed by atoms with Crippen molar-refractivity contribution < 1.29 is 17.9 Å². The van der Waals surface area contributed by atoms with Crippen LogP contribution >= 0.6 is 0 Å². The highest BCUT2D eigenvalue weighted by molar-refractivity contribution is 7.88. The van der Waals surface area contributed by atoms with Crippen LogP contribution in [0.1, 0.15) is 38.3 Å². The number of nitrogens with one attached hydrogen (secondary N) is 2. The lowest BCUT2D eigenvalue weighted by Crippen LogP contribution is -2.22. The monoisotopic (exact) mass is 483 g/mol. The van der Waals surface area contributed by atoms with E-state index in [1.807, 2.05) is 12.1 Å². The summed E-state index contributed by atoms with van der Waals surface area (Å²) in [5.74, 6) is 7.04. The third kappa shape index (κ3) is 5.76. The van der Waals surface area contributed by atoms with E-state index >= 15 is 0 Å². The Balaban J connectivity index is 2.18. The van der Waals surface area contributed by atoms with Crippen LogP contribution in [-0.4, -0.2) is 45.4 Å². The molecule has 0 saturated heterocycles. The van der Waals surface area contributed by atoms with Crippen LogP contribution in [0.2, 0.25) is 0 Å². The number of aromatic amines is 1. The predicted molar refractivity (Wildman–Crippen MR) is 134 cm³/mol. The van der Waals surface area contributed by atoms with Crippen molar-refractivity contribution in [3.05, 3.63) is 51.9 Å². The van der Waals surface area contributed by atoms with Crippen molar-refractivity contribution in [2.75, 3.05) is 27.0 Å². The van der Waals surface area contributed by atoms with Gasteiger partial charge in [0.25, 0.3) is 5.56 Å². The highest BCUT2D eigenvalue weighted by atomic mass is 32.2. The standard InChI is InChI=1S/C25H29N3O5S/c1-25(2,3)20-14-18(17-10-11-21(32-4)28-24(17)29)22-19(23(20)33-5)13-16(15-26-22)9-7-8-12-27-34(6,30)31/h10-11,13-15,27H,8,12H2,1-6H3,(H,28,29). The number of aromatic nitrogens is 2. The van der Waals surface area contributed by atoms with Gasteiger partial charge in [-0.15, -0.1) is 0 Å². The maximum absolute atomic E-state index is 12.8. The Kier molecular flexibility index (Phi) is 7.34. The molecule has 2 heterocycles. The molecule has 0 aliphatic rings. The number of hydrogen-bond donors (Lipinski definition) is 2. The van der Waals surface area contributed by atoms with Crippen LogP contribution in [-0.2, 0) is 15.4 Å². The lowest BCUT2D eigenvalue weighted by molar-refractivity contribution is 0.397. The second-order valence-electron chi connectivity index (χ2n) is 8.86. The van der Waals surface area contributed by atoms with Crippen molar-refractivity contribution >= 4 is 20.9 Å². The van der Waals surface area contributed by atoms with Crippen molar-refractivity contribution in [1.29, 1.82) is 0 Å². The maximum atomic E-state index is 12.8. The smallest absolute Gasteiger partial charge is 0.258 e. The molecule has 0 atom stereocenters. The van der Waals surface area contributed by atoms with Gasteiger partial charge in [-0.3, -0.25) is 14.8 Å². The van der Waals surface area contributed by atoms with E-state index in [0.717, 1.165) is 17.2 Å². The average Bonchev–Trinajstić information content (AvgIpc) is 2.76. The minimum absolute atomic E-state index is 0.231. The molecule has 0 saturated carbocycles. The topological polar surface area (TPSA) is 110 Å². The first-order valence-electron chi connectivity index (χ1n) is 10.7. The van der Waals surface area contributed by atoms with Crippen LogP contribution in [0.15, 0.2) is 35.3 Å². The van der Waals surface area contributed by atoms with Crippen molar-refractivity contribution in [2.24, 2.45) is 0 Å². The molecule has 0 fully saturated rings. The molecule has 2 aromatic heterocycles. The summed E-state index contributed by atoms with van der Waals surface area (Å²) in [6.07, 6.45) is 3.10. The molecule has 0 spiro atoms. The normalized spacial score (nSPS) is 11.7. The SMILES string of the molecule is COc1ccc(-c2cc(C(C)(C)C)c(OC)c3cc(C#CCCNS(C)(=O)=O)cnc23)c(=O)[nH]1. The highest BCUT2D eigenvalue weighted by Crippen LogP contribution is 2.41. The van der Waals surface area contributed by atoms with E-state index in [1.54, 1.807) is 25.4 Å². The molecular formula is C25H29N3O5S. The van der Waals surface area contributed by atoms with Crippen molar-refractivity contribution in [2.45, 2.75) is 32.6 Å². The number of ether oxygens (including phenoxy) is 2. The summed E-state index contributed by atoms with van der Waals surface area (Å²) in [6.45, 7) is 6.45. The molecule has 34 heavy (non-hydrogen) atoms. The molecule has 2 N–H and O–H groups in total. The third-order valence-electron chi connectivity index (χ3n) is 5.17. The summed E-state index contributed by atoms with van der Waals surface area (Å²) in [6, 6.07) is 7.26. The first-order valence-corrected chi connectivity index (χ1v) is 12.6. The quantitative estimate of drug-likeness (QED) is 0.412. The third-order valence-corrected chi connectivity index (χ3v) is 5.90. The molecular weight excluding hydrogens is 454 g/mol. The number of benzene rings is 1. The average molecular weight is 484 g/mol. The molecule has 0 bridgehead atoms. The van der Waals surface area contributed by atoms with Crippen LogP contribution in [0.3, 0.4) is 0 Å². The Morgan fingerprint density at radius 2 is 1.85 bits per heavy atom. The second-order valence-corrected chi connectivity index (χ2v) is 10.7. The number of nitrogens with zero attached hydrogens (tertiary/aromatic N) is 1. The van der Waals surface area contributed by atoms with Gasteiger partial charge in [-0.25, -0.2) is 13.1 Å². The summed E-state index contributed by atoms with van der Waals surface area (Å²) in [4.78, 5) is 20.2. The molecule has 3 rings (SSSR count). The number of rotatable bonds is 6. The number of fused-ring (bicyclic) bond motifs is 1. The molecule has 8 nitrogen and oxygen atoms in total. The van der Waals surface area contributed by atoms with Crippen LogP contribution in [0.4, 0.5) is 0 Å². The Morgan fingerprint density at radius 1 is 1.12 bits per heavy atom. The molecule has 0 aliphatic carbocycles. The molecule has 0 aliphatic heterocycles. The van der Waals surface area contributed by atoms with Crippen LogP contribution in [0.25, 0.3) is 22.0 Å². The number of pyridine rings is 2. The Morgan fingerprint density at radius 3 is 2.44 bits per heavy atom. The summed E-state index contributed by atoms with van der Waals surface area (Å²) in [7, 11) is -0.145. The number of sulfonamides is 1. The fourth-order valence-corrected chi connectivity index (χ4v) is 4.05. The second kappa shape index (κ2) is 9.87. The first kappa shape index (κ1) is 25.3. The molecule has 180 valence electrons. The molecule has 0 unspecified atom stereocenters. The molecule has 9 heteroatoms. The zero-order chi connectivity index (χ0) is 25.1. The van der Waals surface area contributed by atoms with Gasteiger partial charge in [-0.1, -0.05) is 32.6 Å². The molecule has 3 aromatic rings. The van der Waals surface area contributed by atoms with Gasteiger partial charge in [0.1, 0.15) is 5.75 Å². The van der Waals surface area contributed by atoms with E-state index in [9.17, 15) is 13.2 Å². The van der Waals surface area contributed by atoms with E-state index in [2.05, 4.69) is 47.3 Å². The zero-order valence-corrected chi connectivity index (χ0v) is 21.0. The number of methoxy groups -OCH3 is 2. The Bertz CT molecular complexity index is 1440. The largest absolute Gasteiger partial charge is 0.496 e. The number of hydrogen-bond acceptors (Lipinski definition) is 6. The van der Waals surface area contributed by atoms with Gasteiger partial charge in [-0.05, 0) is 29.7 Å². The fraction of sp³-hybridized carbons (Fsp3) is 0.360. The van der Waals surface area contributed by atoms with Gasteiger partial charge in [0, 0.05) is 46.8 Å². The van der Waals surface area contributed by atoms with E-state index < -0.39 is 10.0 Å². The van der Waals surface area contributed by atoms with Crippen molar-refractivity contribution in [1.82, 2.24) is 14.7 Å². The Labute approximate surface area is 199 Å². The van der Waals surface area contributed by atoms with Gasteiger partial charge in [0.2, 0.25) is 10.0 Å². The Hall–Kier alpha value is -3.35. The van der Waals surface area contributed by atoms with Gasteiger partial charge in [0.05, 0.1) is 26.0 Å². The zero-order valence-electron chi connectivity index (χ0n) is 20.2.